The van der Waals surface area contributed by atoms with Crippen molar-refractivity contribution in [3.63, 3.8) is 0 Å². The lowest BCUT2D eigenvalue weighted by molar-refractivity contribution is -0.122. The molecule has 4 rings (SSSR count). The zero-order chi connectivity index (χ0) is 23.6. The van der Waals surface area contributed by atoms with Gasteiger partial charge in [0.05, 0.1) is 17.1 Å². The van der Waals surface area contributed by atoms with Crippen LogP contribution in [0, 0.1) is 12.8 Å². The molecule has 0 bridgehead atoms. The number of aryl methyl sites for hydroxylation is 1. The summed E-state index contributed by atoms with van der Waals surface area (Å²) in [6.45, 7) is 5.96. The smallest absolute Gasteiger partial charge is 0.269 e. The number of aromatic nitrogens is 2. The van der Waals surface area contributed by atoms with Crippen LogP contribution in [0.2, 0.25) is 0 Å². The zero-order valence-electron chi connectivity index (χ0n) is 18.4. The molecule has 1 amide bonds. The van der Waals surface area contributed by atoms with Gasteiger partial charge in [0.25, 0.3) is 15.9 Å². The van der Waals surface area contributed by atoms with E-state index in [1.165, 1.54) is 15.6 Å². The van der Waals surface area contributed by atoms with Gasteiger partial charge in [-0.25, -0.2) is 8.42 Å². The highest BCUT2D eigenvalue weighted by Crippen LogP contribution is 2.37. The SMILES string of the molecule is Cc1ccc(S(=O)(=O)N2C[C@@H](C(=O)Nc3nnc(SCC(C)C)s3)Oc3ccccc32)cc1. The second-order valence-electron chi connectivity index (χ2n) is 7.99. The predicted molar refractivity (Wildman–Crippen MR) is 131 cm³/mol. The van der Waals surface area contributed by atoms with Crippen LogP contribution in [0.4, 0.5) is 10.8 Å². The summed E-state index contributed by atoms with van der Waals surface area (Å²) in [5, 5.41) is 11.2. The number of carbonyl (C=O) groups excluding carboxylic acids is 1. The molecule has 3 aromatic rings. The highest BCUT2D eigenvalue weighted by molar-refractivity contribution is 8.01. The minimum atomic E-state index is -3.90. The number of sulfonamides is 1. The number of carbonyl (C=O) groups is 1. The van der Waals surface area contributed by atoms with Gasteiger partial charge in [-0.15, -0.1) is 10.2 Å². The molecule has 1 aliphatic heterocycles. The molecule has 0 spiro atoms. The first-order valence-electron chi connectivity index (χ1n) is 10.4. The fraction of sp³-hybridized carbons (Fsp3) is 0.318. The van der Waals surface area contributed by atoms with Crippen LogP contribution in [0.1, 0.15) is 19.4 Å². The number of anilines is 2. The average Bonchev–Trinajstić information content (AvgIpc) is 3.24. The Balaban J connectivity index is 1.56. The van der Waals surface area contributed by atoms with Crippen LogP contribution in [0.25, 0.3) is 0 Å². The van der Waals surface area contributed by atoms with E-state index in [1.807, 2.05) is 6.92 Å². The summed E-state index contributed by atoms with van der Waals surface area (Å²) in [5.41, 5.74) is 1.35. The van der Waals surface area contributed by atoms with Gasteiger partial charge in [-0.1, -0.05) is 66.8 Å². The Labute approximate surface area is 201 Å². The first kappa shape index (κ1) is 23.5. The van der Waals surface area contributed by atoms with Gasteiger partial charge in [0, 0.05) is 5.75 Å². The monoisotopic (exact) mass is 504 g/mol. The van der Waals surface area contributed by atoms with E-state index in [0.29, 0.717) is 22.5 Å². The molecule has 174 valence electrons. The van der Waals surface area contributed by atoms with E-state index in [2.05, 4.69) is 29.4 Å². The van der Waals surface area contributed by atoms with Crippen molar-refractivity contribution in [3.05, 3.63) is 54.1 Å². The van der Waals surface area contributed by atoms with Crippen LogP contribution in [0.5, 0.6) is 5.75 Å². The number of hydrogen-bond donors (Lipinski definition) is 1. The van der Waals surface area contributed by atoms with Crippen LogP contribution in [0.15, 0.2) is 57.8 Å². The topological polar surface area (TPSA) is 101 Å². The first-order chi connectivity index (χ1) is 15.7. The predicted octanol–water partition coefficient (Wildman–Crippen LogP) is 4.19. The number of hydrogen-bond acceptors (Lipinski definition) is 8. The van der Waals surface area contributed by atoms with Crippen molar-refractivity contribution in [1.82, 2.24) is 10.2 Å². The summed E-state index contributed by atoms with van der Waals surface area (Å²) < 4.78 is 34.7. The summed E-state index contributed by atoms with van der Waals surface area (Å²) in [7, 11) is -3.90. The lowest BCUT2D eigenvalue weighted by atomic mass is 10.2. The Morgan fingerprint density at radius 3 is 2.67 bits per heavy atom. The zero-order valence-corrected chi connectivity index (χ0v) is 20.8. The number of thioether (sulfide) groups is 1. The van der Waals surface area contributed by atoms with Gasteiger partial charge in [0.15, 0.2) is 10.4 Å². The fourth-order valence-corrected chi connectivity index (χ4v) is 6.35. The van der Waals surface area contributed by atoms with Gasteiger partial charge in [-0.05, 0) is 37.1 Å². The maximum absolute atomic E-state index is 13.4. The number of benzene rings is 2. The number of para-hydroxylation sites is 2. The second-order valence-corrected chi connectivity index (χ2v) is 12.1. The molecule has 1 atom stereocenters. The van der Waals surface area contributed by atoms with E-state index in [4.69, 9.17) is 4.74 Å². The van der Waals surface area contributed by atoms with Crippen molar-refractivity contribution in [2.24, 2.45) is 5.92 Å². The van der Waals surface area contributed by atoms with Crippen molar-refractivity contribution in [2.45, 2.75) is 36.1 Å². The normalized spacial score (nSPS) is 15.8. The summed E-state index contributed by atoms with van der Waals surface area (Å²) in [4.78, 5) is 13.1. The van der Waals surface area contributed by atoms with E-state index in [-0.39, 0.29) is 11.4 Å². The van der Waals surface area contributed by atoms with E-state index in [9.17, 15) is 13.2 Å². The Bertz CT molecular complexity index is 1240. The van der Waals surface area contributed by atoms with E-state index < -0.39 is 22.0 Å². The third kappa shape index (κ3) is 5.31. The highest BCUT2D eigenvalue weighted by Gasteiger charge is 2.37. The lowest BCUT2D eigenvalue weighted by Gasteiger charge is -2.34. The molecule has 8 nitrogen and oxygen atoms in total. The first-order valence-corrected chi connectivity index (χ1v) is 13.6. The van der Waals surface area contributed by atoms with E-state index >= 15 is 0 Å². The van der Waals surface area contributed by atoms with Crippen LogP contribution in [-0.2, 0) is 14.8 Å². The molecule has 0 unspecified atom stereocenters. The molecular formula is C22H24N4O4S3. The van der Waals surface area contributed by atoms with Gasteiger partial charge in [0.2, 0.25) is 5.13 Å². The van der Waals surface area contributed by atoms with E-state index in [0.717, 1.165) is 15.7 Å². The lowest BCUT2D eigenvalue weighted by Crippen LogP contribution is -2.48. The number of fused-ring (bicyclic) bond motifs is 1. The third-order valence-corrected chi connectivity index (χ3v) is 9.01. The second kappa shape index (κ2) is 9.70. The molecule has 1 N–H and O–H groups in total. The molecule has 11 heteroatoms. The van der Waals surface area contributed by atoms with Crippen molar-refractivity contribution in [1.29, 1.82) is 0 Å². The molecular weight excluding hydrogens is 480 g/mol. The minimum Gasteiger partial charge on any atom is -0.476 e. The third-order valence-electron chi connectivity index (χ3n) is 4.81. The van der Waals surface area contributed by atoms with Crippen LogP contribution >= 0.6 is 23.1 Å². The summed E-state index contributed by atoms with van der Waals surface area (Å²) >= 11 is 2.86. The quantitative estimate of drug-likeness (QED) is 0.380. The molecule has 1 aromatic heterocycles. The maximum atomic E-state index is 13.4. The molecule has 0 radical (unpaired) electrons. The van der Waals surface area contributed by atoms with Crippen molar-refractivity contribution >= 4 is 49.8 Å². The summed E-state index contributed by atoms with van der Waals surface area (Å²) in [6, 6.07) is 13.4. The summed E-state index contributed by atoms with van der Waals surface area (Å²) in [5.74, 6) is 1.25. The van der Waals surface area contributed by atoms with Crippen LogP contribution in [0.3, 0.4) is 0 Å². The van der Waals surface area contributed by atoms with Gasteiger partial charge < -0.3 is 4.74 Å². The van der Waals surface area contributed by atoms with Crippen molar-refractivity contribution in [3.8, 4) is 5.75 Å². The van der Waals surface area contributed by atoms with Gasteiger partial charge >= 0.3 is 0 Å². The average molecular weight is 505 g/mol. The fourth-order valence-electron chi connectivity index (χ4n) is 3.15. The van der Waals surface area contributed by atoms with Crippen molar-refractivity contribution in [2.75, 3.05) is 21.9 Å². The Kier molecular flexibility index (Phi) is 6.91. The molecule has 0 aliphatic carbocycles. The highest BCUT2D eigenvalue weighted by atomic mass is 32.2. The molecule has 2 aromatic carbocycles. The number of nitrogens with zero attached hydrogens (tertiary/aromatic N) is 3. The van der Waals surface area contributed by atoms with Gasteiger partial charge in [-0.2, -0.15) is 0 Å². The number of ether oxygens (including phenoxy) is 1. The standard InChI is InChI=1S/C22H24N4O4S3/c1-14(2)13-31-22-25-24-21(32-22)23-20(27)19-12-26(17-6-4-5-7-18(17)30-19)33(28,29)16-10-8-15(3)9-11-16/h4-11,14,19H,12-13H2,1-3H3,(H,23,24,27)/t19-/m0/s1. The number of rotatable bonds is 7. The van der Waals surface area contributed by atoms with Gasteiger partial charge in [0.1, 0.15) is 5.75 Å². The summed E-state index contributed by atoms with van der Waals surface area (Å²) in [6.07, 6.45) is -1.05. The molecule has 33 heavy (non-hydrogen) atoms. The van der Waals surface area contributed by atoms with Crippen LogP contribution < -0.4 is 14.4 Å². The Hall–Kier alpha value is -2.63. The van der Waals surface area contributed by atoms with Crippen molar-refractivity contribution < 1.29 is 17.9 Å². The van der Waals surface area contributed by atoms with E-state index in [1.54, 1.807) is 60.3 Å². The molecule has 0 saturated heterocycles. The Morgan fingerprint density at radius 1 is 1.21 bits per heavy atom. The number of amides is 1. The molecule has 0 saturated carbocycles. The maximum Gasteiger partial charge on any atom is 0.269 e. The minimum absolute atomic E-state index is 0.153. The molecule has 0 fully saturated rings. The Morgan fingerprint density at radius 2 is 1.94 bits per heavy atom. The van der Waals surface area contributed by atoms with Gasteiger partial charge in [-0.3, -0.25) is 14.4 Å². The van der Waals surface area contributed by atoms with Crippen LogP contribution in [-0.4, -0.2) is 42.9 Å². The number of nitrogens with one attached hydrogen (secondary N) is 1. The molecule has 2 heterocycles. The largest absolute Gasteiger partial charge is 0.476 e. The molecule has 1 aliphatic rings.